The van der Waals surface area contributed by atoms with Gasteiger partial charge in [0, 0.05) is 11.8 Å². The highest BCUT2D eigenvalue weighted by Gasteiger charge is 2.10. The summed E-state index contributed by atoms with van der Waals surface area (Å²) >= 11 is 1.69. The fourth-order valence-electron chi connectivity index (χ4n) is 1.72. The number of thioether (sulfide) groups is 1. The van der Waals surface area contributed by atoms with Gasteiger partial charge in [-0.25, -0.2) is 4.98 Å². The largest absolute Gasteiger partial charge is 0.431 e. The number of benzene rings is 1. The molecule has 0 amide bonds. The number of nitrogens with one attached hydrogen (secondary N) is 1. The van der Waals surface area contributed by atoms with Crippen LogP contribution in [0.1, 0.15) is 26.7 Å². The Kier molecular flexibility index (Phi) is 5.08. The number of hydrogen-bond acceptors (Lipinski definition) is 4. The maximum atomic E-state index is 5.69. The molecular weight excluding hydrogens is 244 g/mol. The summed E-state index contributed by atoms with van der Waals surface area (Å²) in [7, 11) is 0. The summed E-state index contributed by atoms with van der Waals surface area (Å²) < 4.78 is 5.69. The van der Waals surface area contributed by atoms with Crippen LogP contribution in [0.4, 0.5) is 0 Å². The molecule has 2 aromatic rings. The first kappa shape index (κ1) is 13.4. The predicted octanol–water partition coefficient (Wildman–Crippen LogP) is 3.70. The zero-order valence-electron chi connectivity index (χ0n) is 11.0. The van der Waals surface area contributed by atoms with Crippen molar-refractivity contribution in [2.24, 2.45) is 0 Å². The van der Waals surface area contributed by atoms with E-state index >= 15 is 0 Å². The van der Waals surface area contributed by atoms with E-state index in [0.29, 0.717) is 5.25 Å². The normalized spacial score (nSPS) is 13.0. The maximum absolute atomic E-state index is 5.69. The van der Waals surface area contributed by atoms with Gasteiger partial charge in [0.15, 0.2) is 5.58 Å². The van der Waals surface area contributed by atoms with Gasteiger partial charge in [0.1, 0.15) is 5.52 Å². The smallest absolute Gasteiger partial charge is 0.257 e. The summed E-state index contributed by atoms with van der Waals surface area (Å²) in [5, 5.41) is 4.68. The second-order valence-corrected chi connectivity index (χ2v) is 5.82. The summed E-state index contributed by atoms with van der Waals surface area (Å²) in [4.78, 5) is 4.47. The second kappa shape index (κ2) is 6.81. The first-order chi connectivity index (χ1) is 8.79. The van der Waals surface area contributed by atoms with Gasteiger partial charge < -0.3 is 9.73 Å². The Balaban J connectivity index is 1.84. The lowest BCUT2D eigenvalue weighted by molar-refractivity contribution is 0.487. The molecule has 1 unspecified atom stereocenters. The summed E-state index contributed by atoms with van der Waals surface area (Å²) in [6, 6.07) is 7.89. The Hall–Kier alpha value is -1.00. The SMILES string of the molecule is CCCCNCC(C)Sc1nc2ccccc2o1. The molecule has 0 radical (unpaired) electrons. The highest BCUT2D eigenvalue weighted by atomic mass is 32.2. The predicted molar refractivity (Wildman–Crippen MR) is 77.1 cm³/mol. The summed E-state index contributed by atoms with van der Waals surface area (Å²) in [5.74, 6) is 0. The standard InChI is InChI=1S/C14H20N2OS/c1-3-4-9-15-10-11(2)18-14-16-12-7-5-6-8-13(12)17-14/h5-8,11,15H,3-4,9-10H2,1-2H3. The van der Waals surface area contributed by atoms with Crippen molar-refractivity contribution in [3.8, 4) is 0 Å². The molecule has 0 aliphatic heterocycles. The van der Waals surface area contributed by atoms with Crippen LogP contribution in [-0.4, -0.2) is 23.3 Å². The van der Waals surface area contributed by atoms with Gasteiger partial charge in [-0.05, 0) is 25.1 Å². The third-order valence-corrected chi connectivity index (χ3v) is 3.66. The van der Waals surface area contributed by atoms with Crippen LogP contribution in [0.2, 0.25) is 0 Å². The minimum atomic E-state index is 0.468. The van der Waals surface area contributed by atoms with Crippen molar-refractivity contribution >= 4 is 22.9 Å². The molecule has 18 heavy (non-hydrogen) atoms. The van der Waals surface area contributed by atoms with Gasteiger partial charge >= 0.3 is 0 Å². The molecule has 0 spiro atoms. The van der Waals surface area contributed by atoms with Gasteiger partial charge in [0.2, 0.25) is 0 Å². The summed E-state index contributed by atoms with van der Waals surface area (Å²) in [6.45, 7) is 6.48. The molecule has 1 atom stereocenters. The van der Waals surface area contributed by atoms with E-state index in [1.165, 1.54) is 12.8 Å². The topological polar surface area (TPSA) is 38.1 Å². The molecule has 98 valence electrons. The molecule has 3 nitrogen and oxygen atoms in total. The molecular formula is C14H20N2OS. The number of nitrogens with zero attached hydrogens (tertiary/aromatic N) is 1. The van der Waals surface area contributed by atoms with Crippen LogP contribution >= 0.6 is 11.8 Å². The van der Waals surface area contributed by atoms with Gasteiger partial charge in [-0.2, -0.15) is 0 Å². The highest BCUT2D eigenvalue weighted by Crippen LogP contribution is 2.26. The third kappa shape index (κ3) is 3.75. The average molecular weight is 264 g/mol. The van der Waals surface area contributed by atoms with Crippen molar-refractivity contribution in [1.82, 2.24) is 10.3 Å². The molecule has 0 fully saturated rings. The van der Waals surface area contributed by atoms with Crippen LogP contribution < -0.4 is 5.32 Å². The molecule has 2 rings (SSSR count). The van der Waals surface area contributed by atoms with E-state index in [1.807, 2.05) is 24.3 Å². The molecule has 4 heteroatoms. The second-order valence-electron chi connectivity index (χ2n) is 4.43. The van der Waals surface area contributed by atoms with Crippen LogP contribution in [0.3, 0.4) is 0 Å². The Morgan fingerprint density at radius 3 is 3.00 bits per heavy atom. The molecule has 0 aliphatic rings. The van der Waals surface area contributed by atoms with Crippen LogP contribution in [0.15, 0.2) is 33.9 Å². The monoisotopic (exact) mass is 264 g/mol. The van der Waals surface area contributed by atoms with E-state index < -0.39 is 0 Å². The molecule has 1 aromatic heterocycles. The first-order valence-corrected chi connectivity index (χ1v) is 7.40. The van der Waals surface area contributed by atoms with Crippen molar-refractivity contribution in [3.63, 3.8) is 0 Å². The van der Waals surface area contributed by atoms with E-state index in [0.717, 1.165) is 29.4 Å². The number of rotatable bonds is 7. The highest BCUT2D eigenvalue weighted by molar-refractivity contribution is 7.99. The quantitative estimate of drug-likeness (QED) is 0.611. The van der Waals surface area contributed by atoms with E-state index in [9.17, 15) is 0 Å². The average Bonchev–Trinajstić information content (AvgIpc) is 2.76. The Bertz CT molecular complexity index is 450. The number of oxazole rings is 1. The third-order valence-electron chi connectivity index (χ3n) is 2.72. The molecule has 0 bridgehead atoms. The Morgan fingerprint density at radius 1 is 1.39 bits per heavy atom. The van der Waals surface area contributed by atoms with E-state index in [4.69, 9.17) is 4.42 Å². The van der Waals surface area contributed by atoms with Crippen LogP contribution in [0.5, 0.6) is 0 Å². The maximum Gasteiger partial charge on any atom is 0.257 e. The molecule has 1 N–H and O–H groups in total. The molecule has 0 aliphatic carbocycles. The Labute approximate surface area is 112 Å². The van der Waals surface area contributed by atoms with Gasteiger partial charge in [-0.1, -0.05) is 44.2 Å². The van der Waals surface area contributed by atoms with E-state index in [1.54, 1.807) is 11.8 Å². The van der Waals surface area contributed by atoms with Gasteiger partial charge in [0.05, 0.1) is 0 Å². The number of hydrogen-bond donors (Lipinski definition) is 1. The molecule has 1 aromatic carbocycles. The zero-order chi connectivity index (χ0) is 12.8. The molecule has 1 heterocycles. The fraction of sp³-hybridized carbons (Fsp3) is 0.500. The fourth-order valence-corrected chi connectivity index (χ4v) is 2.56. The van der Waals surface area contributed by atoms with Gasteiger partial charge in [-0.3, -0.25) is 0 Å². The van der Waals surface area contributed by atoms with Crippen molar-refractivity contribution in [2.45, 2.75) is 37.2 Å². The van der Waals surface area contributed by atoms with Crippen LogP contribution in [-0.2, 0) is 0 Å². The lowest BCUT2D eigenvalue weighted by Gasteiger charge is -2.09. The summed E-state index contributed by atoms with van der Waals surface area (Å²) in [5.41, 5.74) is 1.80. The Morgan fingerprint density at radius 2 is 2.22 bits per heavy atom. The minimum absolute atomic E-state index is 0.468. The molecule has 0 saturated carbocycles. The van der Waals surface area contributed by atoms with Crippen LogP contribution in [0.25, 0.3) is 11.1 Å². The lowest BCUT2D eigenvalue weighted by Crippen LogP contribution is -2.23. The van der Waals surface area contributed by atoms with Crippen molar-refractivity contribution in [3.05, 3.63) is 24.3 Å². The van der Waals surface area contributed by atoms with Crippen molar-refractivity contribution < 1.29 is 4.42 Å². The number of para-hydroxylation sites is 2. The summed E-state index contributed by atoms with van der Waals surface area (Å²) in [6.07, 6.45) is 2.47. The first-order valence-electron chi connectivity index (χ1n) is 6.52. The van der Waals surface area contributed by atoms with Gasteiger partial charge in [-0.15, -0.1) is 0 Å². The number of fused-ring (bicyclic) bond motifs is 1. The zero-order valence-corrected chi connectivity index (χ0v) is 11.8. The molecule has 0 saturated heterocycles. The number of unbranched alkanes of at least 4 members (excludes halogenated alkanes) is 1. The number of aromatic nitrogens is 1. The van der Waals surface area contributed by atoms with E-state index in [-0.39, 0.29) is 0 Å². The van der Waals surface area contributed by atoms with Crippen LogP contribution in [0, 0.1) is 0 Å². The van der Waals surface area contributed by atoms with Crippen molar-refractivity contribution in [1.29, 1.82) is 0 Å². The van der Waals surface area contributed by atoms with Crippen molar-refractivity contribution in [2.75, 3.05) is 13.1 Å². The van der Waals surface area contributed by atoms with Gasteiger partial charge in [0.25, 0.3) is 5.22 Å². The van der Waals surface area contributed by atoms with E-state index in [2.05, 4.69) is 24.1 Å². The minimum Gasteiger partial charge on any atom is -0.431 e. The lowest BCUT2D eigenvalue weighted by atomic mass is 10.3.